The maximum Gasteiger partial charge on any atom is 0.312 e. The molecule has 9 nitrogen and oxygen atoms in total. The molecule has 1 atom stereocenters. The number of nitrogens with two attached hydrogens (primary N) is 1. The van der Waals surface area contributed by atoms with Crippen molar-refractivity contribution in [3.8, 4) is 5.75 Å². The smallest absolute Gasteiger partial charge is 0.312 e. The number of hydrogen-bond acceptors (Lipinski definition) is 7. The van der Waals surface area contributed by atoms with Gasteiger partial charge in [-0.1, -0.05) is 0 Å². The van der Waals surface area contributed by atoms with Crippen molar-refractivity contribution in [3.63, 3.8) is 0 Å². The van der Waals surface area contributed by atoms with Crippen LogP contribution >= 0.6 is 0 Å². The second-order valence-corrected chi connectivity index (χ2v) is 6.20. The molecule has 1 aliphatic heterocycles. The van der Waals surface area contributed by atoms with Crippen molar-refractivity contribution < 1.29 is 27.6 Å². The average molecular weight is 332 g/mol. The third-order valence-corrected chi connectivity index (χ3v) is 3.95. The van der Waals surface area contributed by atoms with Crippen LogP contribution in [0.1, 0.15) is 6.42 Å². The molecule has 0 unspecified atom stereocenters. The number of rotatable bonds is 7. The number of nitro groups is 1. The summed E-state index contributed by atoms with van der Waals surface area (Å²) >= 11 is 0. The lowest BCUT2D eigenvalue weighted by Gasteiger charge is -2.11. The lowest BCUT2D eigenvalue weighted by atomic mass is 10.3. The maximum absolute atomic E-state index is 11.2. The maximum atomic E-state index is 11.2. The van der Waals surface area contributed by atoms with Gasteiger partial charge in [0.25, 0.3) is 0 Å². The van der Waals surface area contributed by atoms with Gasteiger partial charge in [0.15, 0.2) is 5.75 Å². The van der Waals surface area contributed by atoms with E-state index in [1.165, 1.54) is 6.07 Å². The van der Waals surface area contributed by atoms with Crippen LogP contribution in [0, 0.1) is 10.1 Å². The van der Waals surface area contributed by atoms with Gasteiger partial charge in [0.05, 0.1) is 29.1 Å². The van der Waals surface area contributed by atoms with Crippen LogP contribution in [0.2, 0.25) is 0 Å². The highest BCUT2D eigenvalue weighted by Crippen LogP contribution is 2.29. The number of benzene rings is 1. The Morgan fingerprint density at radius 2 is 2.18 bits per heavy atom. The Morgan fingerprint density at radius 3 is 2.77 bits per heavy atom. The molecule has 0 amide bonds. The predicted molar refractivity (Wildman–Crippen MR) is 75.1 cm³/mol. The van der Waals surface area contributed by atoms with Crippen molar-refractivity contribution in [1.82, 2.24) is 0 Å². The van der Waals surface area contributed by atoms with Gasteiger partial charge in [-0.15, -0.1) is 0 Å². The van der Waals surface area contributed by atoms with Crippen molar-refractivity contribution in [2.24, 2.45) is 5.14 Å². The number of ether oxygens (including phenoxy) is 3. The molecule has 0 bridgehead atoms. The summed E-state index contributed by atoms with van der Waals surface area (Å²) in [6, 6.07) is 3.23. The summed E-state index contributed by atoms with van der Waals surface area (Å²) in [4.78, 5) is 9.92. The zero-order valence-corrected chi connectivity index (χ0v) is 12.5. The SMILES string of the molecule is NS(=O)(=O)c1ccc(OCCO[C@@H]2CCOC2)c([N+](=O)[O-])c1. The zero-order valence-electron chi connectivity index (χ0n) is 11.6. The van der Waals surface area contributed by atoms with E-state index in [1.807, 2.05) is 0 Å². The van der Waals surface area contributed by atoms with Gasteiger partial charge in [0, 0.05) is 12.7 Å². The van der Waals surface area contributed by atoms with E-state index >= 15 is 0 Å². The highest BCUT2D eigenvalue weighted by atomic mass is 32.2. The van der Waals surface area contributed by atoms with Gasteiger partial charge >= 0.3 is 5.69 Å². The Labute approximate surface area is 127 Å². The summed E-state index contributed by atoms with van der Waals surface area (Å²) in [5.41, 5.74) is -0.462. The first-order valence-corrected chi connectivity index (χ1v) is 8.06. The van der Waals surface area contributed by atoms with Gasteiger partial charge in [0.1, 0.15) is 6.61 Å². The van der Waals surface area contributed by atoms with Crippen LogP contribution in [0.4, 0.5) is 5.69 Å². The molecule has 2 rings (SSSR count). The quantitative estimate of drug-likeness (QED) is 0.435. The van der Waals surface area contributed by atoms with Crippen molar-refractivity contribution >= 4 is 15.7 Å². The van der Waals surface area contributed by atoms with Crippen LogP contribution in [0.25, 0.3) is 0 Å². The molecule has 22 heavy (non-hydrogen) atoms. The van der Waals surface area contributed by atoms with Crippen LogP contribution in [0.15, 0.2) is 23.1 Å². The first-order chi connectivity index (χ1) is 10.4. The second kappa shape index (κ2) is 7.01. The minimum absolute atomic E-state index is 0.0170. The molecule has 10 heteroatoms. The molecular weight excluding hydrogens is 316 g/mol. The molecule has 0 aliphatic carbocycles. The molecule has 1 aromatic rings. The van der Waals surface area contributed by atoms with Crippen LogP contribution in [-0.2, 0) is 19.5 Å². The fourth-order valence-corrected chi connectivity index (χ4v) is 2.48. The first-order valence-electron chi connectivity index (χ1n) is 6.51. The normalized spacial score (nSPS) is 18.3. The summed E-state index contributed by atoms with van der Waals surface area (Å²) in [5.74, 6) is -0.0383. The standard InChI is InChI=1S/C12H16N2O7S/c13-22(17,18)10-1-2-12(11(7-10)14(15)16)21-6-5-20-9-3-4-19-8-9/h1-2,7,9H,3-6,8H2,(H2,13,17,18)/t9-/m1/s1. The molecule has 2 N–H and O–H groups in total. The van der Waals surface area contributed by atoms with Crippen LogP contribution < -0.4 is 9.88 Å². The summed E-state index contributed by atoms with van der Waals surface area (Å²) in [6.45, 7) is 1.55. The van der Waals surface area contributed by atoms with Crippen LogP contribution in [0.5, 0.6) is 5.75 Å². The van der Waals surface area contributed by atoms with Crippen molar-refractivity contribution in [2.75, 3.05) is 26.4 Å². The van der Waals surface area contributed by atoms with E-state index in [9.17, 15) is 18.5 Å². The minimum atomic E-state index is -4.01. The number of nitrogens with zero attached hydrogens (tertiary/aromatic N) is 1. The van der Waals surface area contributed by atoms with E-state index in [-0.39, 0.29) is 30.0 Å². The molecule has 0 aromatic heterocycles. The number of nitro benzene ring substituents is 1. The number of sulfonamides is 1. The minimum Gasteiger partial charge on any atom is -0.484 e. The van der Waals surface area contributed by atoms with Gasteiger partial charge in [-0.3, -0.25) is 10.1 Å². The van der Waals surface area contributed by atoms with E-state index in [2.05, 4.69) is 0 Å². The molecule has 0 spiro atoms. The Morgan fingerprint density at radius 1 is 1.41 bits per heavy atom. The van der Waals surface area contributed by atoms with Gasteiger partial charge in [0.2, 0.25) is 10.0 Å². The average Bonchev–Trinajstić information content (AvgIpc) is 2.95. The number of primary sulfonamides is 1. The molecule has 1 fully saturated rings. The van der Waals surface area contributed by atoms with Crippen LogP contribution in [0.3, 0.4) is 0 Å². The first kappa shape index (κ1) is 16.6. The van der Waals surface area contributed by atoms with Crippen LogP contribution in [-0.4, -0.2) is 45.9 Å². The lowest BCUT2D eigenvalue weighted by Crippen LogP contribution is -2.17. The van der Waals surface area contributed by atoms with Gasteiger partial charge < -0.3 is 14.2 Å². The predicted octanol–water partition coefficient (Wildman–Crippen LogP) is 0.427. The van der Waals surface area contributed by atoms with Crippen molar-refractivity contribution in [3.05, 3.63) is 28.3 Å². The molecule has 0 saturated carbocycles. The Kier molecular flexibility index (Phi) is 5.29. The molecule has 0 radical (unpaired) electrons. The fourth-order valence-electron chi connectivity index (χ4n) is 1.95. The topological polar surface area (TPSA) is 131 Å². The molecular formula is C12H16N2O7S. The lowest BCUT2D eigenvalue weighted by molar-refractivity contribution is -0.386. The van der Waals surface area contributed by atoms with Crippen molar-refractivity contribution in [2.45, 2.75) is 17.4 Å². The van der Waals surface area contributed by atoms with Gasteiger partial charge in [-0.2, -0.15) is 0 Å². The summed E-state index contributed by atoms with van der Waals surface area (Å²) in [7, 11) is -4.01. The molecule has 1 aromatic carbocycles. The third-order valence-electron chi connectivity index (χ3n) is 3.04. The monoisotopic (exact) mass is 332 g/mol. The summed E-state index contributed by atoms with van der Waals surface area (Å²) < 4.78 is 38.3. The van der Waals surface area contributed by atoms with E-state index in [0.29, 0.717) is 13.2 Å². The second-order valence-electron chi connectivity index (χ2n) is 4.64. The molecule has 1 saturated heterocycles. The highest BCUT2D eigenvalue weighted by Gasteiger charge is 2.20. The fraction of sp³-hybridized carbons (Fsp3) is 0.500. The Bertz CT molecular complexity index is 641. The summed E-state index contributed by atoms with van der Waals surface area (Å²) in [6.07, 6.45) is 0.826. The third kappa shape index (κ3) is 4.37. The number of hydrogen-bond donors (Lipinski definition) is 1. The Hall–Kier alpha value is -1.75. The zero-order chi connectivity index (χ0) is 16.2. The van der Waals surface area contributed by atoms with Crippen molar-refractivity contribution in [1.29, 1.82) is 0 Å². The molecule has 1 aliphatic rings. The Balaban J connectivity index is 1.98. The molecule has 122 valence electrons. The van der Waals surface area contributed by atoms with E-state index in [4.69, 9.17) is 19.3 Å². The molecule has 1 heterocycles. The van der Waals surface area contributed by atoms with E-state index < -0.39 is 20.6 Å². The largest absolute Gasteiger partial charge is 0.484 e. The highest BCUT2D eigenvalue weighted by molar-refractivity contribution is 7.89. The van der Waals surface area contributed by atoms with Gasteiger partial charge in [-0.05, 0) is 18.6 Å². The van der Waals surface area contributed by atoms with Gasteiger partial charge in [-0.25, -0.2) is 13.6 Å². The van der Waals surface area contributed by atoms with E-state index in [0.717, 1.165) is 18.6 Å². The van der Waals surface area contributed by atoms with E-state index in [1.54, 1.807) is 0 Å². The summed E-state index contributed by atoms with van der Waals surface area (Å²) in [5, 5.41) is 15.9.